The van der Waals surface area contributed by atoms with Crippen LogP contribution in [-0.2, 0) is 4.74 Å². The van der Waals surface area contributed by atoms with Crippen molar-refractivity contribution in [2.75, 3.05) is 12.4 Å². The first kappa shape index (κ1) is 12.6. The van der Waals surface area contributed by atoms with Crippen molar-refractivity contribution in [3.05, 3.63) is 31.9 Å². The van der Waals surface area contributed by atoms with Crippen LogP contribution in [0.5, 0.6) is 0 Å². The standard InChI is InChI=1S/C11H13IN2O3/c1-17-9-4-8(5-9)13-7-2-3-11(14(15)16)10(12)6-7/h2-3,6,8-9,13H,4-5H2,1H3. The SMILES string of the molecule is COC1CC(Nc2ccc([N+](=O)[O-])c(I)c2)C1. The molecule has 1 N–H and O–H groups in total. The molecule has 2 rings (SSSR count). The summed E-state index contributed by atoms with van der Waals surface area (Å²) in [6, 6.07) is 5.51. The van der Waals surface area contributed by atoms with Gasteiger partial charge in [0.05, 0.1) is 14.6 Å². The fourth-order valence-electron chi connectivity index (χ4n) is 1.86. The van der Waals surface area contributed by atoms with Gasteiger partial charge in [0.15, 0.2) is 0 Å². The van der Waals surface area contributed by atoms with Crippen molar-refractivity contribution < 1.29 is 9.66 Å². The lowest BCUT2D eigenvalue weighted by molar-refractivity contribution is -0.385. The molecule has 1 aromatic carbocycles. The summed E-state index contributed by atoms with van der Waals surface area (Å²) in [6.45, 7) is 0. The van der Waals surface area contributed by atoms with Gasteiger partial charge < -0.3 is 10.1 Å². The van der Waals surface area contributed by atoms with Gasteiger partial charge in [-0.05, 0) is 47.6 Å². The number of ether oxygens (including phenoxy) is 1. The van der Waals surface area contributed by atoms with E-state index in [0.29, 0.717) is 15.7 Å². The lowest BCUT2D eigenvalue weighted by Crippen LogP contribution is -2.40. The van der Waals surface area contributed by atoms with E-state index in [4.69, 9.17) is 4.74 Å². The van der Waals surface area contributed by atoms with E-state index in [1.165, 1.54) is 6.07 Å². The average Bonchev–Trinajstić information content (AvgIpc) is 2.22. The summed E-state index contributed by atoms with van der Waals surface area (Å²) < 4.78 is 5.85. The van der Waals surface area contributed by atoms with Crippen molar-refractivity contribution in [1.82, 2.24) is 0 Å². The molecule has 0 bridgehead atoms. The number of hydrogen-bond donors (Lipinski definition) is 1. The van der Waals surface area contributed by atoms with Gasteiger partial charge in [-0.1, -0.05) is 0 Å². The van der Waals surface area contributed by atoms with Gasteiger partial charge in [-0.3, -0.25) is 10.1 Å². The Hall–Kier alpha value is -0.890. The molecule has 0 radical (unpaired) electrons. The first-order valence-corrected chi connectivity index (χ1v) is 6.41. The van der Waals surface area contributed by atoms with E-state index in [9.17, 15) is 10.1 Å². The second-order valence-corrected chi connectivity index (χ2v) is 5.26. The van der Waals surface area contributed by atoms with E-state index in [2.05, 4.69) is 5.32 Å². The van der Waals surface area contributed by atoms with Gasteiger partial charge in [0.25, 0.3) is 5.69 Å². The zero-order valence-corrected chi connectivity index (χ0v) is 11.5. The van der Waals surface area contributed by atoms with Crippen LogP contribution in [0, 0.1) is 13.7 Å². The Labute approximate surface area is 113 Å². The van der Waals surface area contributed by atoms with E-state index < -0.39 is 0 Å². The van der Waals surface area contributed by atoms with E-state index in [1.807, 2.05) is 22.6 Å². The quantitative estimate of drug-likeness (QED) is 0.516. The predicted molar refractivity (Wildman–Crippen MR) is 73.3 cm³/mol. The first-order valence-electron chi connectivity index (χ1n) is 5.33. The highest BCUT2D eigenvalue weighted by Gasteiger charge is 2.28. The summed E-state index contributed by atoms with van der Waals surface area (Å²) in [5.41, 5.74) is 1.08. The number of nitro groups is 1. The fraction of sp³-hybridized carbons (Fsp3) is 0.455. The monoisotopic (exact) mass is 348 g/mol. The minimum atomic E-state index is -0.365. The molecule has 1 aliphatic rings. The maximum Gasteiger partial charge on any atom is 0.282 e. The van der Waals surface area contributed by atoms with Gasteiger partial charge in [-0.15, -0.1) is 0 Å². The number of hydrogen-bond acceptors (Lipinski definition) is 4. The lowest BCUT2D eigenvalue weighted by atomic mass is 9.89. The molecule has 1 aromatic rings. The van der Waals surface area contributed by atoms with E-state index in [-0.39, 0.29) is 10.6 Å². The second-order valence-electron chi connectivity index (χ2n) is 4.09. The van der Waals surface area contributed by atoms with Crippen molar-refractivity contribution >= 4 is 34.0 Å². The van der Waals surface area contributed by atoms with E-state index in [0.717, 1.165) is 18.5 Å². The van der Waals surface area contributed by atoms with Crippen LogP contribution in [0.15, 0.2) is 18.2 Å². The molecule has 92 valence electrons. The Morgan fingerprint density at radius 2 is 2.24 bits per heavy atom. The lowest BCUT2D eigenvalue weighted by Gasteiger charge is -2.35. The normalized spacial score (nSPS) is 22.9. The molecule has 6 heteroatoms. The van der Waals surface area contributed by atoms with Crippen molar-refractivity contribution in [2.24, 2.45) is 0 Å². The summed E-state index contributed by atoms with van der Waals surface area (Å²) in [5, 5.41) is 14.0. The maximum atomic E-state index is 10.7. The van der Waals surface area contributed by atoms with Crippen molar-refractivity contribution in [3.8, 4) is 0 Å². The topological polar surface area (TPSA) is 64.4 Å². The Morgan fingerprint density at radius 3 is 2.76 bits per heavy atom. The molecule has 0 unspecified atom stereocenters. The largest absolute Gasteiger partial charge is 0.382 e. The Balaban J connectivity index is 1.99. The third-order valence-electron chi connectivity index (χ3n) is 2.94. The van der Waals surface area contributed by atoms with Gasteiger partial charge >= 0.3 is 0 Å². The molecule has 0 aromatic heterocycles. The van der Waals surface area contributed by atoms with Crippen molar-refractivity contribution in [3.63, 3.8) is 0 Å². The van der Waals surface area contributed by atoms with Crippen LogP contribution in [0.1, 0.15) is 12.8 Å². The van der Waals surface area contributed by atoms with Gasteiger partial charge in [-0.2, -0.15) is 0 Å². The first-order chi connectivity index (χ1) is 8.10. The molecule has 0 amide bonds. The number of anilines is 1. The highest BCUT2D eigenvalue weighted by atomic mass is 127. The number of nitrogens with one attached hydrogen (secondary N) is 1. The van der Waals surface area contributed by atoms with Gasteiger partial charge in [0.1, 0.15) is 0 Å². The highest BCUT2D eigenvalue weighted by Crippen LogP contribution is 2.29. The third-order valence-corrected chi connectivity index (χ3v) is 3.81. The van der Waals surface area contributed by atoms with Crippen LogP contribution in [0.25, 0.3) is 0 Å². The minimum Gasteiger partial charge on any atom is -0.382 e. The zero-order chi connectivity index (χ0) is 12.4. The fourth-order valence-corrected chi connectivity index (χ4v) is 2.57. The molecular weight excluding hydrogens is 335 g/mol. The van der Waals surface area contributed by atoms with Crippen LogP contribution in [0.4, 0.5) is 11.4 Å². The molecule has 0 spiro atoms. The summed E-state index contributed by atoms with van der Waals surface area (Å²) >= 11 is 1.98. The van der Waals surface area contributed by atoms with Crippen molar-refractivity contribution in [2.45, 2.75) is 25.0 Å². The van der Waals surface area contributed by atoms with Crippen molar-refractivity contribution in [1.29, 1.82) is 0 Å². The summed E-state index contributed by atoms with van der Waals surface area (Å²) in [6.07, 6.45) is 2.33. The molecule has 0 heterocycles. The Bertz CT molecular complexity index is 433. The predicted octanol–water partition coefficient (Wildman–Crippen LogP) is 2.79. The molecule has 1 fully saturated rings. The van der Waals surface area contributed by atoms with Crippen LogP contribution in [0.3, 0.4) is 0 Å². The Kier molecular flexibility index (Phi) is 3.82. The number of nitro benzene ring substituents is 1. The van der Waals surface area contributed by atoms with Crippen LogP contribution in [-0.4, -0.2) is 24.2 Å². The molecule has 0 atom stereocenters. The minimum absolute atomic E-state index is 0.152. The highest BCUT2D eigenvalue weighted by molar-refractivity contribution is 14.1. The number of halogens is 1. The zero-order valence-electron chi connectivity index (χ0n) is 9.35. The molecule has 17 heavy (non-hydrogen) atoms. The number of methoxy groups -OCH3 is 1. The smallest absolute Gasteiger partial charge is 0.282 e. The molecule has 0 aliphatic heterocycles. The van der Waals surface area contributed by atoms with E-state index >= 15 is 0 Å². The third kappa shape index (κ3) is 2.86. The molecule has 5 nitrogen and oxygen atoms in total. The van der Waals surface area contributed by atoms with Crippen LogP contribution >= 0.6 is 22.6 Å². The van der Waals surface area contributed by atoms with E-state index in [1.54, 1.807) is 19.2 Å². The molecule has 0 saturated heterocycles. The molecule has 1 saturated carbocycles. The summed E-state index contributed by atoms with van der Waals surface area (Å²) in [7, 11) is 1.72. The number of benzene rings is 1. The average molecular weight is 348 g/mol. The summed E-state index contributed by atoms with van der Waals surface area (Å²) in [5.74, 6) is 0. The number of rotatable bonds is 4. The summed E-state index contributed by atoms with van der Waals surface area (Å²) in [4.78, 5) is 10.3. The second kappa shape index (κ2) is 5.18. The van der Waals surface area contributed by atoms with Gasteiger partial charge in [0.2, 0.25) is 0 Å². The van der Waals surface area contributed by atoms with Gasteiger partial charge in [0, 0.05) is 24.9 Å². The molecular formula is C11H13IN2O3. The maximum absolute atomic E-state index is 10.7. The van der Waals surface area contributed by atoms with Crippen LogP contribution < -0.4 is 5.32 Å². The van der Waals surface area contributed by atoms with Gasteiger partial charge in [-0.25, -0.2) is 0 Å². The number of nitrogens with zero attached hydrogens (tertiary/aromatic N) is 1. The van der Waals surface area contributed by atoms with Crippen LogP contribution in [0.2, 0.25) is 0 Å². The molecule has 1 aliphatic carbocycles. The Morgan fingerprint density at radius 1 is 1.53 bits per heavy atom.